The number of benzene rings is 1. The van der Waals surface area contributed by atoms with Gasteiger partial charge in [0.2, 0.25) is 0 Å². The molecule has 0 bridgehead atoms. The van der Waals surface area contributed by atoms with Crippen LogP contribution < -0.4 is 4.74 Å². The molecule has 1 aliphatic rings. The Bertz CT molecular complexity index is 607. The number of rotatable bonds is 3. The summed E-state index contributed by atoms with van der Waals surface area (Å²) in [7, 11) is -3.43. The normalized spacial score (nSPS) is 16.9. The van der Waals surface area contributed by atoms with Crippen LogP contribution in [-0.2, 0) is 16.3 Å². The first-order valence-corrected chi connectivity index (χ1v) is 8.24. The molecule has 1 aliphatic heterocycles. The molecule has 0 aliphatic carbocycles. The zero-order valence-electron chi connectivity index (χ0n) is 11.1. The van der Waals surface area contributed by atoms with Gasteiger partial charge in [-0.05, 0) is 31.5 Å². The number of aliphatic hydroxyl groups is 1. The van der Waals surface area contributed by atoms with Gasteiger partial charge in [-0.15, -0.1) is 0 Å². The standard InChI is InChI=1S/C13H17ClO4S/c1-13(2,19(3,16)17)12(15)10-7-9(14)6-8-4-5-18-11(8)10/h6-7,12,15H,4-5H2,1-3H3. The second-order valence-corrected chi connectivity index (χ2v) is 8.39. The Labute approximate surface area is 118 Å². The predicted octanol–water partition coefficient (Wildman–Crippen LogP) is 2.13. The monoisotopic (exact) mass is 304 g/mol. The fourth-order valence-electron chi connectivity index (χ4n) is 2.08. The van der Waals surface area contributed by atoms with Crippen LogP contribution in [0.3, 0.4) is 0 Å². The van der Waals surface area contributed by atoms with E-state index in [1.54, 1.807) is 12.1 Å². The lowest BCUT2D eigenvalue weighted by Gasteiger charge is -2.29. The summed E-state index contributed by atoms with van der Waals surface area (Å²) in [6.45, 7) is 3.51. The van der Waals surface area contributed by atoms with Crippen molar-refractivity contribution in [1.82, 2.24) is 0 Å². The first-order chi connectivity index (χ1) is 8.64. The van der Waals surface area contributed by atoms with Crippen LogP contribution >= 0.6 is 11.6 Å². The highest BCUT2D eigenvalue weighted by molar-refractivity contribution is 7.92. The molecule has 0 aromatic heterocycles. The van der Waals surface area contributed by atoms with E-state index < -0.39 is 20.7 Å². The number of ether oxygens (including phenoxy) is 1. The molecule has 0 spiro atoms. The third-order valence-electron chi connectivity index (χ3n) is 3.69. The van der Waals surface area contributed by atoms with Crippen molar-refractivity contribution < 1.29 is 18.3 Å². The van der Waals surface area contributed by atoms with E-state index >= 15 is 0 Å². The van der Waals surface area contributed by atoms with Crippen LogP contribution in [0.15, 0.2) is 12.1 Å². The molecule has 0 radical (unpaired) electrons. The van der Waals surface area contributed by atoms with Crippen LogP contribution in [0.1, 0.15) is 31.1 Å². The highest BCUT2D eigenvalue weighted by Crippen LogP contribution is 2.41. The first-order valence-electron chi connectivity index (χ1n) is 5.97. The number of halogens is 1. The minimum atomic E-state index is -3.43. The van der Waals surface area contributed by atoms with Crippen molar-refractivity contribution in [2.75, 3.05) is 12.9 Å². The third-order valence-corrected chi connectivity index (χ3v) is 6.04. The number of aliphatic hydroxyl groups excluding tert-OH is 1. The van der Waals surface area contributed by atoms with E-state index in [-0.39, 0.29) is 0 Å². The molecule has 1 N–H and O–H groups in total. The summed E-state index contributed by atoms with van der Waals surface area (Å²) in [5, 5.41) is 10.9. The summed E-state index contributed by atoms with van der Waals surface area (Å²) in [5.41, 5.74) is 1.35. The van der Waals surface area contributed by atoms with Crippen LogP contribution in [-0.4, -0.2) is 31.1 Å². The van der Waals surface area contributed by atoms with Crippen LogP contribution in [0.5, 0.6) is 5.75 Å². The van der Waals surface area contributed by atoms with Crippen molar-refractivity contribution in [3.05, 3.63) is 28.3 Å². The molecule has 0 fully saturated rings. The summed E-state index contributed by atoms with van der Waals surface area (Å²) in [5.74, 6) is 0.564. The highest BCUT2D eigenvalue weighted by Gasteiger charge is 2.41. The van der Waals surface area contributed by atoms with Gasteiger partial charge in [-0.2, -0.15) is 0 Å². The maximum atomic E-state index is 11.8. The number of hydrogen-bond donors (Lipinski definition) is 1. The average molecular weight is 305 g/mol. The third kappa shape index (κ3) is 2.47. The van der Waals surface area contributed by atoms with Gasteiger partial charge in [-0.25, -0.2) is 8.42 Å². The number of hydrogen-bond acceptors (Lipinski definition) is 4. The van der Waals surface area contributed by atoms with Crippen LogP contribution in [0.4, 0.5) is 0 Å². The van der Waals surface area contributed by atoms with Gasteiger partial charge < -0.3 is 9.84 Å². The smallest absolute Gasteiger partial charge is 0.155 e. The van der Waals surface area contributed by atoms with E-state index in [1.807, 2.05) is 0 Å². The topological polar surface area (TPSA) is 63.6 Å². The van der Waals surface area contributed by atoms with E-state index in [0.29, 0.717) is 22.9 Å². The molecule has 0 saturated heterocycles. The molecule has 1 atom stereocenters. The molecule has 19 heavy (non-hydrogen) atoms. The fraction of sp³-hybridized carbons (Fsp3) is 0.538. The Morgan fingerprint density at radius 3 is 2.63 bits per heavy atom. The van der Waals surface area contributed by atoms with Gasteiger partial charge in [0.05, 0.1) is 11.4 Å². The molecular weight excluding hydrogens is 288 g/mol. The number of sulfone groups is 1. The zero-order valence-corrected chi connectivity index (χ0v) is 12.7. The van der Waals surface area contributed by atoms with Crippen molar-refractivity contribution in [3.63, 3.8) is 0 Å². The lowest BCUT2D eigenvalue weighted by molar-refractivity contribution is 0.135. The quantitative estimate of drug-likeness (QED) is 0.929. The Balaban J connectivity index is 2.54. The molecule has 0 amide bonds. The minimum absolute atomic E-state index is 0.440. The van der Waals surface area contributed by atoms with E-state index in [9.17, 15) is 13.5 Å². The van der Waals surface area contributed by atoms with Crippen molar-refractivity contribution in [3.8, 4) is 5.75 Å². The van der Waals surface area contributed by atoms with Gasteiger partial charge in [-0.1, -0.05) is 11.6 Å². The molecule has 1 unspecified atom stereocenters. The lowest BCUT2D eigenvalue weighted by atomic mass is 9.95. The van der Waals surface area contributed by atoms with E-state index in [1.165, 1.54) is 13.8 Å². The van der Waals surface area contributed by atoms with E-state index in [4.69, 9.17) is 16.3 Å². The Morgan fingerprint density at radius 2 is 2.05 bits per heavy atom. The molecule has 106 valence electrons. The summed E-state index contributed by atoms with van der Waals surface area (Å²) in [4.78, 5) is 0. The summed E-state index contributed by atoms with van der Waals surface area (Å²) in [6, 6.07) is 3.36. The number of fused-ring (bicyclic) bond motifs is 1. The van der Waals surface area contributed by atoms with Gasteiger partial charge in [-0.3, -0.25) is 0 Å². The van der Waals surface area contributed by atoms with Gasteiger partial charge in [0, 0.05) is 23.3 Å². The van der Waals surface area contributed by atoms with Crippen molar-refractivity contribution in [2.24, 2.45) is 0 Å². The second kappa shape index (κ2) is 4.65. The molecule has 6 heteroatoms. The Hall–Kier alpha value is -0.780. The maximum Gasteiger partial charge on any atom is 0.155 e. The molecule has 1 aromatic rings. The molecule has 1 heterocycles. The molecule has 4 nitrogen and oxygen atoms in total. The first kappa shape index (κ1) is 14.6. The summed E-state index contributed by atoms with van der Waals surface area (Å²) < 4.78 is 27.8. The van der Waals surface area contributed by atoms with E-state index in [0.717, 1.165) is 18.2 Å². The van der Waals surface area contributed by atoms with Gasteiger partial charge in [0.15, 0.2) is 9.84 Å². The fourth-order valence-corrected chi connectivity index (χ4v) is 2.86. The lowest BCUT2D eigenvalue weighted by Crippen LogP contribution is -2.38. The van der Waals surface area contributed by atoms with Crippen molar-refractivity contribution in [2.45, 2.75) is 31.1 Å². The van der Waals surface area contributed by atoms with Gasteiger partial charge >= 0.3 is 0 Å². The second-order valence-electron chi connectivity index (χ2n) is 5.36. The average Bonchev–Trinajstić information content (AvgIpc) is 2.72. The van der Waals surface area contributed by atoms with Crippen molar-refractivity contribution in [1.29, 1.82) is 0 Å². The highest BCUT2D eigenvalue weighted by atomic mass is 35.5. The minimum Gasteiger partial charge on any atom is -0.493 e. The SMILES string of the molecule is CC(C)(C(O)c1cc(Cl)cc2c1OCC2)S(C)(=O)=O. The van der Waals surface area contributed by atoms with Crippen LogP contribution in [0.25, 0.3) is 0 Å². The van der Waals surface area contributed by atoms with Gasteiger partial charge in [0.25, 0.3) is 0 Å². The summed E-state index contributed by atoms with van der Waals surface area (Å²) in [6.07, 6.45) is 0.643. The predicted molar refractivity (Wildman–Crippen MR) is 74.5 cm³/mol. The summed E-state index contributed by atoms with van der Waals surface area (Å²) >= 11 is 6.02. The Kier molecular flexibility index (Phi) is 3.58. The molecule has 1 aromatic carbocycles. The van der Waals surface area contributed by atoms with Crippen LogP contribution in [0, 0.1) is 0 Å². The maximum absolute atomic E-state index is 11.8. The van der Waals surface area contributed by atoms with Gasteiger partial charge in [0.1, 0.15) is 11.9 Å². The van der Waals surface area contributed by atoms with Crippen molar-refractivity contribution >= 4 is 21.4 Å². The molecule has 2 rings (SSSR count). The van der Waals surface area contributed by atoms with E-state index in [2.05, 4.69) is 0 Å². The zero-order chi connectivity index (χ0) is 14.4. The Morgan fingerprint density at radius 1 is 1.42 bits per heavy atom. The van der Waals surface area contributed by atoms with Crippen LogP contribution in [0.2, 0.25) is 5.02 Å². The molecule has 0 saturated carbocycles. The largest absolute Gasteiger partial charge is 0.493 e. The molecular formula is C13H17ClO4S.